The lowest BCUT2D eigenvalue weighted by atomic mass is 10.2. The maximum atomic E-state index is 12.9. The van der Waals surface area contributed by atoms with Gasteiger partial charge in [0.15, 0.2) is 0 Å². The lowest BCUT2D eigenvalue weighted by molar-refractivity contribution is -0.133. The highest BCUT2D eigenvalue weighted by atomic mass is 32.1. The molecule has 0 radical (unpaired) electrons. The summed E-state index contributed by atoms with van der Waals surface area (Å²) in [4.78, 5) is 29.7. The number of halogens is 1. The van der Waals surface area contributed by atoms with Crippen molar-refractivity contribution in [2.24, 2.45) is 0 Å². The Hall–Kier alpha value is -2.25. The summed E-state index contributed by atoms with van der Waals surface area (Å²) in [6.45, 7) is 2.96. The minimum Gasteiger partial charge on any atom is -0.340 e. The zero-order valence-electron chi connectivity index (χ0n) is 15.2. The summed E-state index contributed by atoms with van der Waals surface area (Å²) in [5.41, 5.74) is 0.584. The largest absolute Gasteiger partial charge is 0.340 e. The number of thiophene rings is 1. The summed E-state index contributed by atoms with van der Waals surface area (Å²) in [6.07, 6.45) is 2.40. The Morgan fingerprint density at radius 2 is 1.81 bits per heavy atom. The van der Waals surface area contributed by atoms with Crippen molar-refractivity contribution < 1.29 is 14.0 Å². The molecule has 0 aliphatic carbocycles. The monoisotopic (exact) mass is 389 g/mol. The van der Waals surface area contributed by atoms with E-state index in [-0.39, 0.29) is 24.2 Å². The number of benzene rings is 1. The van der Waals surface area contributed by atoms with E-state index in [1.807, 2.05) is 15.9 Å². The fraction of sp³-hybridized carbons (Fsp3) is 0.400. The molecule has 1 aromatic carbocycles. The highest BCUT2D eigenvalue weighted by molar-refractivity contribution is 7.09. The minimum atomic E-state index is -0.329. The summed E-state index contributed by atoms with van der Waals surface area (Å²) in [5, 5.41) is 4.82. The molecule has 2 heterocycles. The van der Waals surface area contributed by atoms with Crippen LogP contribution in [0, 0.1) is 5.82 Å². The van der Waals surface area contributed by atoms with E-state index in [2.05, 4.69) is 16.8 Å². The first-order chi connectivity index (χ1) is 13.1. The van der Waals surface area contributed by atoms with Crippen LogP contribution in [-0.4, -0.2) is 54.3 Å². The number of carbonyl (C=O) groups is 2. The van der Waals surface area contributed by atoms with Gasteiger partial charge in [0.2, 0.25) is 11.8 Å². The van der Waals surface area contributed by atoms with Crippen molar-refractivity contribution in [3.8, 4) is 0 Å². The van der Waals surface area contributed by atoms with Gasteiger partial charge in [0, 0.05) is 43.2 Å². The zero-order chi connectivity index (χ0) is 19.1. The SMILES string of the molecule is O=C(CN1CCN(C(=O)CCCc2cccs2)CC1)Nc1ccc(F)cc1. The minimum absolute atomic E-state index is 0.127. The predicted octanol–water partition coefficient (Wildman–Crippen LogP) is 2.99. The standard InChI is InChI=1S/C20H24FN3O2S/c21-16-6-8-17(9-7-16)22-19(25)15-23-10-12-24(13-11-23)20(26)5-1-3-18-4-2-14-27-18/h2,4,6-9,14H,1,3,5,10-13,15H2,(H,22,25). The number of hydrogen-bond donors (Lipinski definition) is 1. The van der Waals surface area contributed by atoms with E-state index < -0.39 is 0 Å². The van der Waals surface area contributed by atoms with Gasteiger partial charge in [-0.25, -0.2) is 4.39 Å². The number of piperazine rings is 1. The molecule has 0 bridgehead atoms. The Kier molecular flexibility index (Phi) is 6.95. The quantitative estimate of drug-likeness (QED) is 0.792. The molecule has 0 saturated carbocycles. The van der Waals surface area contributed by atoms with Gasteiger partial charge < -0.3 is 10.2 Å². The fourth-order valence-corrected chi connectivity index (χ4v) is 3.87. The Bertz CT molecular complexity index is 741. The number of carbonyl (C=O) groups excluding carboxylic acids is 2. The second-order valence-corrected chi connectivity index (χ2v) is 7.68. The molecule has 27 heavy (non-hydrogen) atoms. The summed E-state index contributed by atoms with van der Waals surface area (Å²) < 4.78 is 12.9. The molecule has 1 saturated heterocycles. The second kappa shape index (κ2) is 9.62. The average Bonchev–Trinajstić information content (AvgIpc) is 3.17. The molecule has 0 atom stereocenters. The third-order valence-corrected chi connectivity index (χ3v) is 5.55. The van der Waals surface area contributed by atoms with Crippen LogP contribution in [0.4, 0.5) is 10.1 Å². The van der Waals surface area contributed by atoms with Crippen molar-refractivity contribution in [3.05, 3.63) is 52.5 Å². The van der Waals surface area contributed by atoms with Crippen LogP contribution in [0.25, 0.3) is 0 Å². The van der Waals surface area contributed by atoms with E-state index in [4.69, 9.17) is 0 Å². The van der Waals surface area contributed by atoms with E-state index >= 15 is 0 Å². The highest BCUT2D eigenvalue weighted by Crippen LogP contribution is 2.13. The van der Waals surface area contributed by atoms with Gasteiger partial charge >= 0.3 is 0 Å². The first kappa shape index (κ1) is 19.5. The molecule has 2 amide bonds. The van der Waals surface area contributed by atoms with Crippen LogP contribution in [0.3, 0.4) is 0 Å². The smallest absolute Gasteiger partial charge is 0.238 e. The maximum Gasteiger partial charge on any atom is 0.238 e. The lowest BCUT2D eigenvalue weighted by Crippen LogP contribution is -2.50. The molecule has 2 aromatic rings. The molecular weight excluding hydrogens is 365 g/mol. The number of amides is 2. The number of aryl methyl sites for hydroxylation is 1. The van der Waals surface area contributed by atoms with Gasteiger partial charge in [-0.1, -0.05) is 6.07 Å². The molecule has 5 nitrogen and oxygen atoms in total. The zero-order valence-corrected chi connectivity index (χ0v) is 16.0. The first-order valence-electron chi connectivity index (χ1n) is 9.18. The Morgan fingerprint density at radius 3 is 2.48 bits per heavy atom. The number of nitrogens with one attached hydrogen (secondary N) is 1. The van der Waals surface area contributed by atoms with Crippen LogP contribution in [-0.2, 0) is 16.0 Å². The molecule has 144 valence electrons. The Balaban J connectivity index is 1.34. The van der Waals surface area contributed by atoms with Crippen molar-refractivity contribution in [1.29, 1.82) is 0 Å². The van der Waals surface area contributed by atoms with E-state index in [1.54, 1.807) is 23.5 Å². The van der Waals surface area contributed by atoms with Gasteiger partial charge in [-0.3, -0.25) is 14.5 Å². The fourth-order valence-electron chi connectivity index (χ4n) is 3.12. The van der Waals surface area contributed by atoms with E-state index in [9.17, 15) is 14.0 Å². The van der Waals surface area contributed by atoms with Crippen molar-refractivity contribution in [2.45, 2.75) is 19.3 Å². The van der Waals surface area contributed by atoms with Gasteiger partial charge in [-0.2, -0.15) is 0 Å². The van der Waals surface area contributed by atoms with Crippen molar-refractivity contribution >= 4 is 28.8 Å². The molecule has 0 spiro atoms. The maximum absolute atomic E-state index is 12.9. The van der Waals surface area contributed by atoms with E-state index in [0.29, 0.717) is 38.3 Å². The number of anilines is 1. The van der Waals surface area contributed by atoms with E-state index in [1.165, 1.54) is 17.0 Å². The summed E-state index contributed by atoms with van der Waals surface area (Å²) >= 11 is 1.73. The van der Waals surface area contributed by atoms with Crippen molar-refractivity contribution in [2.75, 3.05) is 38.0 Å². The van der Waals surface area contributed by atoms with Gasteiger partial charge in [0.05, 0.1) is 6.54 Å². The molecule has 1 fully saturated rings. The summed E-state index contributed by atoms with van der Waals surface area (Å²) in [6, 6.07) is 9.86. The average molecular weight is 389 g/mol. The van der Waals surface area contributed by atoms with E-state index in [0.717, 1.165) is 12.8 Å². The van der Waals surface area contributed by atoms with Crippen molar-refractivity contribution in [3.63, 3.8) is 0 Å². The second-order valence-electron chi connectivity index (χ2n) is 6.64. The van der Waals surface area contributed by atoms with Crippen LogP contribution < -0.4 is 5.32 Å². The molecule has 1 N–H and O–H groups in total. The van der Waals surface area contributed by atoms with Crippen LogP contribution in [0.5, 0.6) is 0 Å². The van der Waals surface area contributed by atoms with Gasteiger partial charge in [0.25, 0.3) is 0 Å². The molecule has 1 aromatic heterocycles. The highest BCUT2D eigenvalue weighted by Gasteiger charge is 2.22. The lowest BCUT2D eigenvalue weighted by Gasteiger charge is -2.34. The number of rotatable bonds is 7. The first-order valence-corrected chi connectivity index (χ1v) is 10.1. The van der Waals surface area contributed by atoms with Crippen molar-refractivity contribution in [1.82, 2.24) is 9.80 Å². The van der Waals surface area contributed by atoms with Crippen LogP contribution in [0.1, 0.15) is 17.7 Å². The third-order valence-electron chi connectivity index (χ3n) is 4.61. The Labute approximate surface area is 162 Å². The molecule has 1 aliphatic rings. The number of hydrogen-bond acceptors (Lipinski definition) is 4. The summed E-state index contributed by atoms with van der Waals surface area (Å²) in [7, 11) is 0. The van der Waals surface area contributed by atoms with Crippen LogP contribution in [0.2, 0.25) is 0 Å². The topological polar surface area (TPSA) is 52.7 Å². The Morgan fingerprint density at radius 1 is 1.07 bits per heavy atom. The van der Waals surface area contributed by atoms with Gasteiger partial charge in [-0.15, -0.1) is 11.3 Å². The molecule has 1 aliphatic heterocycles. The predicted molar refractivity (Wildman–Crippen MR) is 105 cm³/mol. The number of nitrogens with zero attached hydrogens (tertiary/aromatic N) is 2. The summed E-state index contributed by atoms with van der Waals surface area (Å²) in [5.74, 6) is -0.261. The molecule has 7 heteroatoms. The normalized spacial score (nSPS) is 14.9. The van der Waals surface area contributed by atoms with Crippen LogP contribution >= 0.6 is 11.3 Å². The molecular formula is C20H24FN3O2S. The van der Waals surface area contributed by atoms with Gasteiger partial charge in [0.1, 0.15) is 5.82 Å². The third kappa shape index (κ3) is 6.15. The van der Waals surface area contributed by atoms with Crippen LogP contribution in [0.15, 0.2) is 41.8 Å². The molecule has 0 unspecified atom stereocenters. The molecule has 3 rings (SSSR count). The van der Waals surface area contributed by atoms with Gasteiger partial charge in [-0.05, 0) is 48.6 Å².